The molecule has 1 saturated heterocycles. The van der Waals surface area contributed by atoms with Gasteiger partial charge in [-0.2, -0.15) is 0 Å². The van der Waals surface area contributed by atoms with Crippen LogP contribution in [-0.4, -0.2) is 58.0 Å². The molecule has 6 nitrogen and oxygen atoms in total. The maximum absolute atomic E-state index is 6.12. The van der Waals surface area contributed by atoms with Crippen LogP contribution in [0.1, 0.15) is 17.9 Å². The Kier molecular flexibility index (Phi) is 5.15. The maximum Gasteiger partial charge on any atom is 0.142 e. The summed E-state index contributed by atoms with van der Waals surface area (Å²) < 4.78 is 6.12. The fourth-order valence-electron chi connectivity index (χ4n) is 2.78. The third-order valence-corrected chi connectivity index (χ3v) is 3.78. The first-order valence-corrected chi connectivity index (χ1v) is 7.93. The van der Waals surface area contributed by atoms with Crippen LogP contribution in [0.25, 0.3) is 0 Å². The summed E-state index contributed by atoms with van der Waals surface area (Å²) in [5, 5.41) is 0. The van der Waals surface area contributed by atoms with Gasteiger partial charge in [-0.25, -0.2) is 9.97 Å². The molecule has 1 aliphatic heterocycles. The molecule has 0 bridgehead atoms. The van der Waals surface area contributed by atoms with Gasteiger partial charge in [-0.1, -0.05) is 0 Å². The van der Waals surface area contributed by atoms with Crippen LogP contribution in [0.15, 0.2) is 36.8 Å². The summed E-state index contributed by atoms with van der Waals surface area (Å²) in [4.78, 5) is 17.4. The molecule has 0 amide bonds. The van der Waals surface area contributed by atoms with Crippen molar-refractivity contribution in [3.8, 4) is 5.75 Å². The van der Waals surface area contributed by atoms with E-state index < -0.39 is 0 Å². The van der Waals surface area contributed by atoms with Gasteiger partial charge < -0.3 is 9.64 Å². The molecular weight excluding hydrogens is 290 g/mol. The topological polar surface area (TPSA) is 54.4 Å². The Morgan fingerprint density at radius 2 is 2.04 bits per heavy atom. The standard InChI is InChI=1S/C17H23N5O/c1-21(2)11-14-10-15(4-8-18-14)23-16-5-9-22(12-16)13-17-19-6-3-7-20-17/h3-4,6-8,10,16H,5,9,11-13H2,1-2H3. The Bertz CT molecular complexity index is 619. The van der Waals surface area contributed by atoms with E-state index in [0.717, 1.165) is 49.9 Å². The fraction of sp³-hybridized carbons (Fsp3) is 0.471. The van der Waals surface area contributed by atoms with Crippen molar-refractivity contribution in [1.82, 2.24) is 24.8 Å². The molecule has 0 aliphatic carbocycles. The number of ether oxygens (including phenoxy) is 1. The molecule has 0 aromatic carbocycles. The summed E-state index contributed by atoms with van der Waals surface area (Å²) in [6.45, 7) is 3.52. The Labute approximate surface area is 137 Å². The van der Waals surface area contributed by atoms with Gasteiger partial charge in [0, 0.05) is 44.3 Å². The second-order valence-corrected chi connectivity index (χ2v) is 6.15. The number of hydrogen-bond acceptors (Lipinski definition) is 6. The molecule has 1 fully saturated rings. The van der Waals surface area contributed by atoms with Gasteiger partial charge >= 0.3 is 0 Å². The minimum atomic E-state index is 0.216. The lowest BCUT2D eigenvalue weighted by molar-refractivity contribution is 0.196. The number of aromatic nitrogens is 3. The summed E-state index contributed by atoms with van der Waals surface area (Å²) in [7, 11) is 4.07. The quantitative estimate of drug-likeness (QED) is 0.807. The average Bonchev–Trinajstić information content (AvgIpc) is 2.95. The van der Waals surface area contributed by atoms with Crippen LogP contribution in [0.2, 0.25) is 0 Å². The van der Waals surface area contributed by atoms with Gasteiger partial charge in [0.1, 0.15) is 17.7 Å². The zero-order valence-electron chi connectivity index (χ0n) is 13.7. The van der Waals surface area contributed by atoms with Gasteiger partial charge in [0.2, 0.25) is 0 Å². The number of likely N-dealkylation sites (tertiary alicyclic amines) is 1. The van der Waals surface area contributed by atoms with Gasteiger partial charge in [0.05, 0.1) is 12.2 Å². The van der Waals surface area contributed by atoms with Gasteiger partial charge in [-0.3, -0.25) is 9.88 Å². The molecule has 0 saturated carbocycles. The second kappa shape index (κ2) is 7.48. The van der Waals surface area contributed by atoms with Gasteiger partial charge in [0.25, 0.3) is 0 Å². The first-order valence-electron chi connectivity index (χ1n) is 7.93. The van der Waals surface area contributed by atoms with E-state index in [0.29, 0.717) is 0 Å². The van der Waals surface area contributed by atoms with E-state index >= 15 is 0 Å². The van der Waals surface area contributed by atoms with Crippen LogP contribution in [-0.2, 0) is 13.1 Å². The Morgan fingerprint density at radius 3 is 2.83 bits per heavy atom. The number of rotatable bonds is 6. The van der Waals surface area contributed by atoms with Crippen LogP contribution >= 0.6 is 0 Å². The Balaban J connectivity index is 1.53. The molecule has 1 aliphatic rings. The predicted molar refractivity (Wildman–Crippen MR) is 88.0 cm³/mol. The molecule has 1 atom stereocenters. The highest BCUT2D eigenvalue weighted by molar-refractivity contribution is 5.23. The average molecular weight is 313 g/mol. The van der Waals surface area contributed by atoms with Crippen molar-refractivity contribution in [2.45, 2.75) is 25.6 Å². The van der Waals surface area contributed by atoms with Crippen molar-refractivity contribution in [3.63, 3.8) is 0 Å². The number of pyridine rings is 1. The van der Waals surface area contributed by atoms with E-state index in [1.807, 2.05) is 38.5 Å². The molecule has 122 valence electrons. The predicted octanol–water partition coefficient (Wildman–Crippen LogP) is 1.59. The molecular formula is C17H23N5O. The monoisotopic (exact) mass is 313 g/mol. The zero-order chi connectivity index (χ0) is 16.1. The zero-order valence-corrected chi connectivity index (χ0v) is 13.7. The van der Waals surface area contributed by atoms with E-state index in [1.165, 1.54) is 0 Å². The lowest BCUT2D eigenvalue weighted by atomic mass is 10.3. The lowest BCUT2D eigenvalue weighted by Crippen LogP contribution is -2.25. The summed E-state index contributed by atoms with van der Waals surface area (Å²) >= 11 is 0. The van der Waals surface area contributed by atoms with Gasteiger partial charge in [-0.05, 0) is 32.6 Å². The largest absolute Gasteiger partial charge is 0.489 e. The minimum absolute atomic E-state index is 0.216. The van der Waals surface area contributed by atoms with Crippen LogP contribution in [0.5, 0.6) is 5.75 Å². The van der Waals surface area contributed by atoms with Crippen molar-refractivity contribution >= 4 is 0 Å². The molecule has 23 heavy (non-hydrogen) atoms. The molecule has 0 N–H and O–H groups in total. The summed E-state index contributed by atoms with van der Waals surface area (Å²) in [5.74, 6) is 1.77. The van der Waals surface area contributed by atoms with E-state index in [4.69, 9.17) is 4.74 Å². The van der Waals surface area contributed by atoms with Crippen molar-refractivity contribution in [2.75, 3.05) is 27.2 Å². The SMILES string of the molecule is CN(C)Cc1cc(OC2CCN(Cc3ncccn3)C2)ccn1. The van der Waals surface area contributed by atoms with Crippen molar-refractivity contribution < 1.29 is 4.74 Å². The number of nitrogens with zero attached hydrogens (tertiary/aromatic N) is 5. The highest BCUT2D eigenvalue weighted by Crippen LogP contribution is 2.20. The summed E-state index contributed by atoms with van der Waals surface area (Å²) in [6, 6.07) is 5.80. The smallest absolute Gasteiger partial charge is 0.142 e. The van der Waals surface area contributed by atoms with Crippen LogP contribution in [0.4, 0.5) is 0 Å². The molecule has 3 rings (SSSR count). The molecule has 6 heteroatoms. The highest BCUT2D eigenvalue weighted by atomic mass is 16.5. The maximum atomic E-state index is 6.12. The summed E-state index contributed by atoms with van der Waals surface area (Å²) in [6.07, 6.45) is 6.63. The van der Waals surface area contributed by atoms with E-state index in [9.17, 15) is 0 Å². The summed E-state index contributed by atoms with van der Waals surface area (Å²) in [5.41, 5.74) is 1.03. The van der Waals surface area contributed by atoms with E-state index in [1.54, 1.807) is 12.4 Å². The molecule has 0 radical (unpaired) electrons. The minimum Gasteiger partial charge on any atom is -0.489 e. The highest BCUT2D eigenvalue weighted by Gasteiger charge is 2.24. The van der Waals surface area contributed by atoms with Crippen LogP contribution < -0.4 is 4.74 Å². The first-order chi connectivity index (χ1) is 11.2. The molecule has 2 aromatic rings. The van der Waals surface area contributed by atoms with Crippen LogP contribution in [0, 0.1) is 0 Å². The molecule has 2 aromatic heterocycles. The fourth-order valence-corrected chi connectivity index (χ4v) is 2.78. The van der Waals surface area contributed by atoms with Crippen molar-refractivity contribution in [3.05, 3.63) is 48.3 Å². The third-order valence-electron chi connectivity index (χ3n) is 3.78. The Hall–Kier alpha value is -2.05. The van der Waals surface area contributed by atoms with Crippen molar-refractivity contribution in [2.24, 2.45) is 0 Å². The Morgan fingerprint density at radius 1 is 1.22 bits per heavy atom. The van der Waals surface area contributed by atoms with E-state index in [2.05, 4.69) is 24.8 Å². The second-order valence-electron chi connectivity index (χ2n) is 6.15. The molecule has 3 heterocycles. The molecule has 1 unspecified atom stereocenters. The van der Waals surface area contributed by atoms with E-state index in [-0.39, 0.29) is 6.10 Å². The third kappa shape index (κ3) is 4.71. The number of hydrogen-bond donors (Lipinski definition) is 0. The van der Waals surface area contributed by atoms with Crippen molar-refractivity contribution in [1.29, 1.82) is 0 Å². The lowest BCUT2D eigenvalue weighted by Gasteiger charge is -2.17. The molecule has 0 spiro atoms. The normalized spacial score (nSPS) is 18.5. The first kappa shape index (κ1) is 15.8. The van der Waals surface area contributed by atoms with Crippen LogP contribution in [0.3, 0.4) is 0 Å². The van der Waals surface area contributed by atoms with Gasteiger partial charge in [-0.15, -0.1) is 0 Å². The van der Waals surface area contributed by atoms with Gasteiger partial charge in [0.15, 0.2) is 0 Å².